The second kappa shape index (κ2) is 9.37. The van der Waals surface area contributed by atoms with E-state index in [0.29, 0.717) is 12.3 Å². The molecular formula is C24H37NO9. The fourth-order valence-corrected chi connectivity index (χ4v) is 6.17. The Morgan fingerprint density at radius 2 is 1.82 bits per heavy atom. The predicted octanol–water partition coefficient (Wildman–Crippen LogP) is 2.74. The summed E-state index contributed by atoms with van der Waals surface area (Å²) < 4.78 is 18.1. The molecule has 5 fully saturated rings. The number of carboxylic acid groups (broad SMARTS) is 1. The topological polar surface area (TPSA) is 130 Å². The molecule has 4 saturated heterocycles. The van der Waals surface area contributed by atoms with Crippen molar-refractivity contribution < 1.29 is 43.5 Å². The lowest BCUT2D eigenvalue weighted by molar-refractivity contribution is -0.576. The normalized spacial score (nSPS) is 41.8. The number of carbonyl (C=O) groups excluding carboxylic acids is 2. The highest BCUT2D eigenvalue weighted by Gasteiger charge is 2.69. The molecule has 9 unspecified atom stereocenters. The quantitative estimate of drug-likeness (QED) is 0.415. The van der Waals surface area contributed by atoms with Gasteiger partial charge in [-0.3, -0.25) is 9.59 Å². The molecule has 0 radical (unpaired) electrons. The Morgan fingerprint density at radius 3 is 2.50 bits per heavy atom. The van der Waals surface area contributed by atoms with Gasteiger partial charge in [-0.2, -0.15) is 0 Å². The number of fused-ring (bicyclic) bond motifs is 2. The Kier molecular flexibility index (Phi) is 6.98. The number of amides is 1. The lowest BCUT2D eigenvalue weighted by atomic mass is 9.58. The van der Waals surface area contributed by atoms with Gasteiger partial charge in [0.15, 0.2) is 11.9 Å². The lowest BCUT2D eigenvalue weighted by Crippen LogP contribution is -2.70. The van der Waals surface area contributed by atoms with E-state index >= 15 is 0 Å². The van der Waals surface area contributed by atoms with Gasteiger partial charge in [0.05, 0.1) is 6.42 Å². The molecule has 2 N–H and O–H groups in total. The van der Waals surface area contributed by atoms with Gasteiger partial charge in [0.2, 0.25) is 18.0 Å². The van der Waals surface area contributed by atoms with Crippen LogP contribution in [0.1, 0.15) is 73.1 Å². The summed E-state index contributed by atoms with van der Waals surface area (Å²) in [6.45, 7) is 9.45. The Bertz CT molecular complexity index is 818. The van der Waals surface area contributed by atoms with Gasteiger partial charge in [0.25, 0.3) is 0 Å². The Hall–Kier alpha value is -1.75. The van der Waals surface area contributed by atoms with Crippen LogP contribution in [0, 0.1) is 29.6 Å². The van der Waals surface area contributed by atoms with E-state index < -0.39 is 47.9 Å². The van der Waals surface area contributed by atoms with Gasteiger partial charge in [-0.25, -0.2) is 14.6 Å². The van der Waals surface area contributed by atoms with Crippen LogP contribution >= 0.6 is 0 Å². The van der Waals surface area contributed by atoms with Gasteiger partial charge in [0.1, 0.15) is 6.04 Å². The fourth-order valence-electron chi connectivity index (χ4n) is 6.17. The van der Waals surface area contributed by atoms with Crippen molar-refractivity contribution in [2.45, 2.75) is 103 Å². The first kappa shape index (κ1) is 25.3. The van der Waals surface area contributed by atoms with E-state index in [-0.39, 0.29) is 36.5 Å². The molecular weight excluding hydrogens is 446 g/mol. The molecule has 10 nitrogen and oxygen atoms in total. The molecule has 5 rings (SSSR count). The zero-order valence-electron chi connectivity index (χ0n) is 20.6. The maximum atomic E-state index is 12.6. The largest absolute Gasteiger partial charge is 0.480 e. The van der Waals surface area contributed by atoms with Crippen molar-refractivity contribution in [3.63, 3.8) is 0 Å². The monoisotopic (exact) mass is 483 g/mol. The molecule has 1 aliphatic carbocycles. The standard InChI is InChI=1S/C24H37NO9/c1-12(2)19(20(28)29)25-17(26)8-9-18(27)30-21-14(4)16-7-6-13(3)15-10-11-23(5)32-22(31-21)24(15,16)34-33-23/h12-16,19,21-22H,6-11H2,1-5H3,(H,25,26)(H,28,29). The van der Waals surface area contributed by atoms with Crippen LogP contribution in [-0.4, -0.2) is 53.0 Å². The van der Waals surface area contributed by atoms with Crippen molar-refractivity contribution >= 4 is 17.8 Å². The Morgan fingerprint density at radius 1 is 1.09 bits per heavy atom. The van der Waals surface area contributed by atoms with Crippen LogP contribution in [0.2, 0.25) is 0 Å². The summed E-state index contributed by atoms with van der Waals surface area (Å²) in [4.78, 5) is 47.9. The average Bonchev–Trinajstić information content (AvgIpc) is 2.99. The van der Waals surface area contributed by atoms with Gasteiger partial charge < -0.3 is 24.6 Å². The van der Waals surface area contributed by atoms with Crippen molar-refractivity contribution in [3.8, 4) is 0 Å². The smallest absolute Gasteiger partial charge is 0.326 e. The van der Waals surface area contributed by atoms with E-state index in [4.69, 9.17) is 24.0 Å². The third-order valence-electron chi connectivity index (χ3n) is 8.15. The third-order valence-corrected chi connectivity index (χ3v) is 8.15. The summed E-state index contributed by atoms with van der Waals surface area (Å²) in [7, 11) is 0. The summed E-state index contributed by atoms with van der Waals surface area (Å²) in [5, 5.41) is 11.7. The molecule has 4 aliphatic heterocycles. The van der Waals surface area contributed by atoms with Gasteiger partial charge in [-0.1, -0.05) is 27.7 Å². The number of hydrogen-bond acceptors (Lipinski definition) is 8. The van der Waals surface area contributed by atoms with Crippen molar-refractivity contribution in [3.05, 3.63) is 0 Å². The van der Waals surface area contributed by atoms with Crippen molar-refractivity contribution in [1.29, 1.82) is 0 Å². The molecule has 1 saturated carbocycles. The minimum absolute atomic E-state index is 0.0264. The molecule has 2 bridgehead atoms. The SMILES string of the molecule is CC(C)C(NC(=O)CCC(=O)OC1OC2OC3(C)CCC4C(C)CCC(C1C)C24OO3)C(=O)O. The summed E-state index contributed by atoms with van der Waals surface area (Å²) in [6.07, 6.45) is 1.62. The van der Waals surface area contributed by atoms with E-state index in [0.717, 1.165) is 19.3 Å². The van der Waals surface area contributed by atoms with Crippen molar-refractivity contribution in [1.82, 2.24) is 5.32 Å². The number of aliphatic carboxylic acids is 1. The molecule has 0 aromatic carbocycles. The molecule has 0 aromatic heterocycles. The molecule has 10 heteroatoms. The first-order valence-corrected chi connectivity index (χ1v) is 12.4. The third kappa shape index (κ3) is 4.45. The number of ether oxygens (including phenoxy) is 3. The highest BCUT2D eigenvalue weighted by Crippen LogP contribution is 2.60. The minimum Gasteiger partial charge on any atom is -0.480 e. The van der Waals surface area contributed by atoms with E-state index in [2.05, 4.69) is 12.2 Å². The maximum Gasteiger partial charge on any atom is 0.326 e. The number of nitrogens with one attached hydrogen (secondary N) is 1. The molecule has 4 heterocycles. The minimum atomic E-state index is -1.11. The fraction of sp³-hybridized carbons (Fsp3) is 0.875. The molecule has 9 atom stereocenters. The van der Waals surface area contributed by atoms with Crippen LogP contribution in [0.25, 0.3) is 0 Å². The number of hydrogen-bond donors (Lipinski definition) is 2. The maximum absolute atomic E-state index is 12.6. The van der Waals surface area contributed by atoms with Crippen LogP contribution in [0.3, 0.4) is 0 Å². The summed E-state index contributed by atoms with van der Waals surface area (Å²) >= 11 is 0. The van der Waals surface area contributed by atoms with Gasteiger partial charge in [0, 0.05) is 24.7 Å². The molecule has 0 aromatic rings. The second-order valence-electron chi connectivity index (χ2n) is 10.9. The van der Waals surface area contributed by atoms with E-state index in [1.807, 2.05) is 13.8 Å². The highest BCUT2D eigenvalue weighted by atomic mass is 17.3. The summed E-state index contributed by atoms with van der Waals surface area (Å²) in [5.41, 5.74) is -0.738. The van der Waals surface area contributed by atoms with E-state index in [1.54, 1.807) is 13.8 Å². The van der Waals surface area contributed by atoms with Crippen LogP contribution in [0.15, 0.2) is 0 Å². The first-order valence-electron chi connectivity index (χ1n) is 12.4. The Labute approximate surface area is 199 Å². The molecule has 1 spiro atoms. The van der Waals surface area contributed by atoms with Gasteiger partial charge in [-0.15, -0.1) is 0 Å². The molecule has 192 valence electrons. The number of carbonyl (C=O) groups is 3. The van der Waals surface area contributed by atoms with Gasteiger partial charge >= 0.3 is 11.9 Å². The second-order valence-corrected chi connectivity index (χ2v) is 10.9. The van der Waals surface area contributed by atoms with Crippen LogP contribution in [0.4, 0.5) is 0 Å². The van der Waals surface area contributed by atoms with Crippen molar-refractivity contribution in [2.75, 3.05) is 0 Å². The van der Waals surface area contributed by atoms with E-state index in [1.165, 1.54) is 0 Å². The zero-order valence-corrected chi connectivity index (χ0v) is 20.6. The molecule has 34 heavy (non-hydrogen) atoms. The van der Waals surface area contributed by atoms with Crippen LogP contribution < -0.4 is 5.32 Å². The molecule has 5 aliphatic rings. The predicted molar refractivity (Wildman–Crippen MR) is 117 cm³/mol. The van der Waals surface area contributed by atoms with E-state index in [9.17, 15) is 19.5 Å². The highest BCUT2D eigenvalue weighted by molar-refractivity contribution is 5.85. The van der Waals surface area contributed by atoms with Crippen molar-refractivity contribution in [2.24, 2.45) is 29.6 Å². The average molecular weight is 484 g/mol. The number of rotatable bonds is 7. The zero-order chi connectivity index (χ0) is 24.8. The van der Waals surface area contributed by atoms with Gasteiger partial charge in [-0.05, 0) is 43.9 Å². The number of carboxylic acids is 1. The summed E-state index contributed by atoms with van der Waals surface area (Å²) in [5.74, 6) is -2.88. The van der Waals surface area contributed by atoms with Crippen LogP contribution in [-0.2, 0) is 38.4 Å². The van der Waals surface area contributed by atoms with Crippen LogP contribution in [0.5, 0.6) is 0 Å². The number of esters is 1. The first-order chi connectivity index (χ1) is 16.0. The Balaban J connectivity index is 1.40. The lowest BCUT2D eigenvalue weighted by Gasteiger charge is -2.59. The molecule has 1 amide bonds. The summed E-state index contributed by atoms with van der Waals surface area (Å²) in [6, 6.07) is -1.01.